The van der Waals surface area contributed by atoms with Gasteiger partial charge in [0.05, 0.1) is 29.0 Å². The maximum Gasteiger partial charge on any atom is 0.343 e. The van der Waals surface area contributed by atoms with Crippen molar-refractivity contribution in [2.24, 2.45) is 0 Å². The normalized spacial score (nSPS) is 18.8. The molecule has 0 saturated heterocycles. The molecule has 0 radical (unpaired) electrons. The molecule has 0 bridgehead atoms. The number of carbonyl (C=O) groups excluding carboxylic acids is 1. The second kappa shape index (κ2) is 7.43. The Labute approximate surface area is 184 Å². The largest absolute Gasteiger partial charge is 0.468 e. The summed E-state index contributed by atoms with van der Waals surface area (Å²) in [5.74, 6) is -0.0398. The minimum atomic E-state index is -1.83. The van der Waals surface area contributed by atoms with Crippen molar-refractivity contribution in [3.8, 4) is 17.1 Å². The van der Waals surface area contributed by atoms with Gasteiger partial charge in [-0.25, -0.2) is 9.78 Å². The first-order valence-electron chi connectivity index (χ1n) is 10.7. The highest BCUT2D eigenvalue weighted by Gasteiger charge is 2.45. The summed E-state index contributed by atoms with van der Waals surface area (Å²) in [6, 6.07) is 7.40. The quantitative estimate of drug-likeness (QED) is 0.379. The van der Waals surface area contributed by atoms with Crippen molar-refractivity contribution in [1.82, 2.24) is 9.55 Å². The Hall–Kier alpha value is -3.23. The zero-order valence-corrected chi connectivity index (χ0v) is 18.2. The van der Waals surface area contributed by atoms with Crippen LogP contribution in [-0.4, -0.2) is 34.5 Å². The molecule has 5 rings (SSSR count). The van der Waals surface area contributed by atoms with E-state index < -0.39 is 11.6 Å². The number of rotatable bonds is 5. The van der Waals surface area contributed by atoms with Crippen molar-refractivity contribution in [2.75, 3.05) is 13.9 Å². The number of nitrogens with zero attached hydrogens (tertiary/aromatic N) is 2. The topological polar surface area (TPSA) is 99.9 Å². The highest BCUT2D eigenvalue weighted by Crippen LogP contribution is 2.40. The van der Waals surface area contributed by atoms with Gasteiger partial charge in [-0.15, -0.1) is 0 Å². The number of benzene rings is 1. The second-order valence-corrected chi connectivity index (χ2v) is 8.10. The number of aromatic nitrogens is 2. The standard InChI is InChI=1S/C24H24N2O6/c1-4-14-15-8-13(32-12-30-3)6-7-19(15)25-21-16(14)10-26-20(21)9-18-17(22(26)27)11-31-23(28)24(18,29)5-2/h6-9,29H,4-5,10-12H2,1-3H3/t24-/m1/s1. The maximum atomic E-state index is 13.3. The van der Waals surface area contributed by atoms with Gasteiger partial charge in [0.1, 0.15) is 12.4 Å². The monoisotopic (exact) mass is 436 g/mol. The van der Waals surface area contributed by atoms with Crippen molar-refractivity contribution >= 4 is 16.9 Å². The smallest absolute Gasteiger partial charge is 0.343 e. The minimum Gasteiger partial charge on any atom is -0.468 e. The molecular formula is C24H24N2O6. The van der Waals surface area contributed by atoms with Gasteiger partial charge in [-0.2, -0.15) is 0 Å². The van der Waals surface area contributed by atoms with Crippen LogP contribution in [0, 0.1) is 0 Å². The van der Waals surface area contributed by atoms with Gasteiger partial charge >= 0.3 is 5.97 Å². The van der Waals surface area contributed by atoms with E-state index in [0.29, 0.717) is 34.8 Å². The lowest BCUT2D eigenvalue weighted by molar-refractivity contribution is -0.172. The molecular weight excluding hydrogens is 412 g/mol. The van der Waals surface area contributed by atoms with Gasteiger partial charge in [-0.1, -0.05) is 13.8 Å². The zero-order chi connectivity index (χ0) is 22.6. The van der Waals surface area contributed by atoms with Crippen molar-refractivity contribution in [2.45, 2.75) is 45.4 Å². The van der Waals surface area contributed by atoms with Gasteiger partial charge in [0.25, 0.3) is 5.56 Å². The highest BCUT2D eigenvalue weighted by atomic mass is 16.7. The average molecular weight is 436 g/mol. The molecule has 1 aromatic carbocycles. The Morgan fingerprint density at radius 3 is 2.75 bits per heavy atom. The van der Waals surface area contributed by atoms with E-state index in [1.165, 1.54) is 0 Å². The van der Waals surface area contributed by atoms with Crippen molar-refractivity contribution in [1.29, 1.82) is 0 Å². The summed E-state index contributed by atoms with van der Waals surface area (Å²) < 4.78 is 17.4. The fourth-order valence-electron chi connectivity index (χ4n) is 4.76. The molecule has 2 aliphatic heterocycles. The van der Waals surface area contributed by atoms with Gasteiger partial charge in [0.15, 0.2) is 12.4 Å². The third kappa shape index (κ3) is 2.79. The summed E-state index contributed by atoms with van der Waals surface area (Å²) >= 11 is 0. The molecule has 0 saturated carbocycles. The van der Waals surface area contributed by atoms with Crippen LogP contribution in [-0.2, 0) is 39.4 Å². The summed E-state index contributed by atoms with van der Waals surface area (Å²) in [6.45, 7) is 4.15. The third-order valence-electron chi connectivity index (χ3n) is 6.47. The number of ether oxygens (including phenoxy) is 3. The Bertz CT molecular complexity index is 1330. The van der Waals surface area contributed by atoms with Crippen LogP contribution in [0.25, 0.3) is 22.3 Å². The van der Waals surface area contributed by atoms with E-state index in [0.717, 1.165) is 28.5 Å². The van der Waals surface area contributed by atoms with Crippen molar-refractivity contribution < 1.29 is 24.1 Å². The van der Waals surface area contributed by atoms with Gasteiger partial charge in [-0.3, -0.25) is 4.79 Å². The molecule has 0 spiro atoms. The number of fused-ring (bicyclic) bond motifs is 5. The third-order valence-corrected chi connectivity index (χ3v) is 6.47. The summed E-state index contributed by atoms with van der Waals surface area (Å²) in [5.41, 5.74) is 2.72. The first kappa shape index (κ1) is 20.7. The number of methoxy groups -OCH3 is 1. The Balaban J connectivity index is 1.74. The molecule has 2 aromatic heterocycles. The predicted octanol–water partition coefficient (Wildman–Crippen LogP) is 2.62. The summed E-state index contributed by atoms with van der Waals surface area (Å²) in [4.78, 5) is 30.5. The first-order chi connectivity index (χ1) is 15.4. The molecule has 0 fully saturated rings. The van der Waals surface area contributed by atoms with Crippen molar-refractivity contribution in [3.63, 3.8) is 0 Å². The molecule has 3 aromatic rings. The lowest BCUT2D eigenvalue weighted by Gasteiger charge is -2.31. The first-order valence-corrected chi connectivity index (χ1v) is 10.7. The van der Waals surface area contributed by atoms with Crippen molar-refractivity contribution in [3.05, 3.63) is 56.9 Å². The summed E-state index contributed by atoms with van der Waals surface area (Å²) in [5, 5.41) is 12.0. The molecule has 4 heterocycles. The summed E-state index contributed by atoms with van der Waals surface area (Å²) in [7, 11) is 1.57. The molecule has 0 unspecified atom stereocenters. The SMILES string of the molecule is CCc1c2c(nc3ccc(OCOC)cc13)-c1cc3c(c(=O)n1C2)COC(=O)[C@@]3(O)CC. The van der Waals surface area contributed by atoms with E-state index in [4.69, 9.17) is 19.2 Å². The molecule has 1 N–H and O–H groups in total. The van der Waals surface area contributed by atoms with Gasteiger partial charge in [0, 0.05) is 23.6 Å². The molecule has 166 valence electrons. The number of aliphatic hydroxyl groups is 1. The van der Waals surface area contributed by atoms with E-state index in [9.17, 15) is 14.7 Å². The fraction of sp³-hybridized carbons (Fsp3) is 0.375. The molecule has 1 atom stereocenters. The van der Waals surface area contributed by atoms with E-state index in [2.05, 4.69) is 6.92 Å². The van der Waals surface area contributed by atoms with Crippen LogP contribution in [0.2, 0.25) is 0 Å². The summed E-state index contributed by atoms with van der Waals surface area (Å²) in [6.07, 6.45) is 0.863. The number of hydrogen-bond acceptors (Lipinski definition) is 7. The van der Waals surface area contributed by atoms with Crippen LogP contribution in [0.5, 0.6) is 5.75 Å². The van der Waals surface area contributed by atoms with Crippen LogP contribution < -0.4 is 10.3 Å². The van der Waals surface area contributed by atoms with E-state index >= 15 is 0 Å². The van der Waals surface area contributed by atoms with Gasteiger partial charge in [-0.05, 0) is 42.7 Å². The lowest BCUT2D eigenvalue weighted by Crippen LogP contribution is -2.44. The molecule has 32 heavy (non-hydrogen) atoms. The number of esters is 1. The predicted molar refractivity (Wildman–Crippen MR) is 116 cm³/mol. The average Bonchev–Trinajstić information content (AvgIpc) is 3.17. The minimum absolute atomic E-state index is 0.115. The molecule has 8 heteroatoms. The number of carbonyl (C=O) groups is 1. The molecule has 0 amide bonds. The molecule has 8 nitrogen and oxygen atoms in total. The number of hydrogen-bond donors (Lipinski definition) is 1. The van der Waals surface area contributed by atoms with Crippen LogP contribution >= 0.6 is 0 Å². The lowest BCUT2D eigenvalue weighted by atomic mass is 9.86. The Morgan fingerprint density at radius 1 is 1.22 bits per heavy atom. The number of pyridine rings is 2. The van der Waals surface area contributed by atoms with Crippen LogP contribution in [0.15, 0.2) is 29.1 Å². The zero-order valence-electron chi connectivity index (χ0n) is 18.2. The Morgan fingerprint density at radius 2 is 2.03 bits per heavy atom. The fourth-order valence-corrected chi connectivity index (χ4v) is 4.76. The highest BCUT2D eigenvalue weighted by molar-refractivity contribution is 5.90. The second-order valence-electron chi connectivity index (χ2n) is 8.10. The maximum absolute atomic E-state index is 13.3. The van der Waals surface area contributed by atoms with Crippen LogP contribution in [0.3, 0.4) is 0 Å². The van der Waals surface area contributed by atoms with Crippen LogP contribution in [0.4, 0.5) is 0 Å². The van der Waals surface area contributed by atoms with Gasteiger partial charge in [0.2, 0.25) is 0 Å². The molecule has 2 aliphatic rings. The Kier molecular flexibility index (Phi) is 4.79. The van der Waals surface area contributed by atoms with E-state index in [-0.39, 0.29) is 25.4 Å². The van der Waals surface area contributed by atoms with E-state index in [1.54, 1.807) is 24.7 Å². The molecule has 0 aliphatic carbocycles. The number of cyclic esters (lactones) is 1. The number of aryl methyl sites for hydroxylation is 1. The van der Waals surface area contributed by atoms with Gasteiger partial charge < -0.3 is 23.9 Å². The van der Waals surface area contributed by atoms with E-state index in [1.807, 2.05) is 18.2 Å². The van der Waals surface area contributed by atoms with Crippen LogP contribution in [0.1, 0.15) is 42.5 Å².